The van der Waals surface area contributed by atoms with E-state index in [0.29, 0.717) is 16.7 Å². The van der Waals surface area contributed by atoms with Crippen molar-refractivity contribution in [3.05, 3.63) is 94.2 Å². The van der Waals surface area contributed by atoms with Crippen molar-refractivity contribution in [3.63, 3.8) is 0 Å². The Kier molecular flexibility index (Phi) is 16.0. The summed E-state index contributed by atoms with van der Waals surface area (Å²) in [6.07, 6.45) is 6.49. The molecule has 0 aliphatic carbocycles. The predicted molar refractivity (Wildman–Crippen MR) is 280 cm³/mol. The van der Waals surface area contributed by atoms with Crippen molar-refractivity contribution in [3.8, 4) is 23.0 Å². The van der Waals surface area contributed by atoms with Gasteiger partial charge in [0.25, 0.3) is 5.91 Å². The Morgan fingerprint density at radius 2 is 1.48 bits per heavy atom. The van der Waals surface area contributed by atoms with Gasteiger partial charge in [0.2, 0.25) is 0 Å². The normalized spacial score (nSPS) is 18.3. The number of ether oxygens (including phenoxy) is 2. The molecule has 5 aliphatic heterocycles. The number of carbonyl (C=O) groups excluding carboxylic acids is 1. The van der Waals surface area contributed by atoms with Crippen molar-refractivity contribution < 1.29 is 76.3 Å². The number of H-pyrrole nitrogens is 1. The summed E-state index contributed by atoms with van der Waals surface area (Å²) in [5.41, 5.74) is 7.30. The van der Waals surface area contributed by atoms with E-state index in [2.05, 4.69) is 58.5 Å². The molecule has 10 rings (SSSR count). The quantitative estimate of drug-likeness (QED) is 0.0104. The van der Waals surface area contributed by atoms with Crippen LogP contribution in [0.2, 0.25) is 10.0 Å². The number of carbonyl (C=O) groups is 2. The Bertz CT molecular complexity index is 3480. The molecule has 1 amide bonds. The molecule has 0 bridgehead atoms. The van der Waals surface area contributed by atoms with Crippen LogP contribution in [0, 0.1) is 11.8 Å². The van der Waals surface area contributed by atoms with Gasteiger partial charge in [-0.05, 0) is 80.7 Å². The van der Waals surface area contributed by atoms with Gasteiger partial charge in [0, 0.05) is 43.9 Å². The third-order valence-corrected chi connectivity index (χ3v) is 25.1. The number of fused-ring (bicyclic) bond motifs is 4. The van der Waals surface area contributed by atoms with Gasteiger partial charge in [0.1, 0.15) is 0 Å². The number of aromatic carboxylic acids is 1. The number of carboxylic acids is 1. The van der Waals surface area contributed by atoms with Gasteiger partial charge in [0.15, 0.2) is 0 Å². The molecule has 77 heavy (non-hydrogen) atoms. The molecule has 1 fully saturated rings. The molecule has 0 saturated carbocycles. The van der Waals surface area contributed by atoms with Crippen molar-refractivity contribution >= 4 is 89.8 Å². The first kappa shape index (κ1) is 54.9. The van der Waals surface area contributed by atoms with Crippen LogP contribution in [0.4, 0.5) is 11.4 Å². The summed E-state index contributed by atoms with van der Waals surface area (Å²) in [6.45, 7) is -3.39. The molecule has 5 aliphatic rings. The fourth-order valence-electron chi connectivity index (χ4n) is 11.3. The zero-order valence-corrected chi connectivity index (χ0v) is 45.2. The second-order valence-corrected chi connectivity index (χ2v) is 30.1. The van der Waals surface area contributed by atoms with Gasteiger partial charge in [-0.2, -0.15) is 0 Å². The zero-order chi connectivity index (χ0) is 54.4. The average molecular weight is 1160 g/mol. The number of anilines is 2. The second-order valence-electron chi connectivity index (χ2n) is 19.2. The number of nitrogens with zero attached hydrogens (tertiary/aromatic N) is 3. The molecule has 28 heteroatoms. The summed E-state index contributed by atoms with van der Waals surface area (Å²) >= 11 is 14.3. The van der Waals surface area contributed by atoms with Crippen molar-refractivity contribution in [1.82, 2.24) is 14.9 Å². The van der Waals surface area contributed by atoms with E-state index in [1.54, 1.807) is 0 Å². The van der Waals surface area contributed by atoms with Gasteiger partial charge in [0.05, 0.1) is 67.7 Å². The number of amides is 1. The second kappa shape index (κ2) is 22.4. The number of carboxylic acid groups (broad SMARTS) is 1. The number of nitrogens with one attached hydrogen (secondary N) is 2. The summed E-state index contributed by atoms with van der Waals surface area (Å²) < 4.78 is 79.9. The Labute approximate surface area is 448 Å². The molecule has 0 unspecified atom stereocenters. The number of halogens is 2. The molecule has 5 aromatic rings. The molecule has 3 aromatic carbocycles. The van der Waals surface area contributed by atoms with Gasteiger partial charge in [-0.25, -0.2) is 9.21 Å². The monoisotopic (exact) mass is 1160 g/mol. The van der Waals surface area contributed by atoms with Crippen LogP contribution in [-0.2, 0) is 78.7 Å². The van der Waals surface area contributed by atoms with E-state index < -0.39 is 63.5 Å². The van der Waals surface area contributed by atoms with Crippen molar-refractivity contribution in [1.29, 1.82) is 0 Å². The molecule has 5 N–H and O–H groups in total. The summed E-state index contributed by atoms with van der Waals surface area (Å²) in [4.78, 5) is 59.9. The molecule has 2 atom stereocenters. The van der Waals surface area contributed by atoms with Crippen molar-refractivity contribution in [2.45, 2.75) is 89.4 Å². The van der Waals surface area contributed by atoms with E-state index in [0.717, 1.165) is 115 Å². The van der Waals surface area contributed by atoms with Crippen LogP contribution in [0.1, 0.15) is 99.7 Å². The Hall–Kier alpha value is -5.40. The standard InChI is InChI=1S/C49H50Cl2N5O18P3/c50-36-24-35(47(58)52-15-21-68-20-3-1-2-8-29-25-56(49(61)53-46(29)57)37-14-13-30(70-37)26-69-77(73-63,74-72-62,75(64)65)76(66)67)41(51)40(39(36)48(59)60)38-33-22-27-9-4-16-54-18-6-11-31(42(27)54)44(33)71-45-32-12-7-19-55-17-5-10-28(43(32)55)23-34(38)45/h22-25,30,37H,3-21,26H2,(H4-,52,53,57,58,59,60,61,62,63)/p+1/t30-,37+/m0/s1. The SMILES string of the molecule is O=C(NCCOCCC#CCc1cn([C@H]2CC[C@@H](COP(OO)(OOO)(P(=O)=O)P(=O)=O)O2)c(=O)[nH]c1=O)c1cc(Cl)c(C(=O)O)c(-c2c3cc4c5c(c3[o+]c3c6c7c(cc23)CCCN7CCC6)CCCN5CCC4)c1Cl. The Morgan fingerprint density at radius 1 is 0.857 bits per heavy atom. The number of aromatic nitrogens is 2. The van der Waals surface area contributed by atoms with Crippen molar-refractivity contribution in [2.24, 2.45) is 0 Å². The van der Waals surface area contributed by atoms with E-state index in [1.807, 2.05) is 0 Å². The molecule has 408 valence electrons. The fraction of sp³-hybridized carbons (Fsp3) is 0.449. The smallest absolute Gasteiger partial charge is 0.366 e. The molecule has 0 radical (unpaired) electrons. The van der Waals surface area contributed by atoms with E-state index in [1.165, 1.54) is 23.6 Å². The Morgan fingerprint density at radius 3 is 2.06 bits per heavy atom. The number of hydrogen-bond acceptors (Lipinski definition) is 18. The predicted octanol–water partition coefficient (Wildman–Crippen LogP) is 9.25. The summed E-state index contributed by atoms with van der Waals surface area (Å²) in [7, 11) is -8.79. The third kappa shape index (κ3) is 9.86. The van der Waals surface area contributed by atoms with Crippen LogP contribution >= 0.6 is 44.6 Å². The molecule has 0 spiro atoms. The molecular weight excluding hydrogens is 1110 g/mol. The third-order valence-electron chi connectivity index (χ3n) is 14.7. The Balaban J connectivity index is 0.827. The van der Waals surface area contributed by atoms with E-state index in [4.69, 9.17) is 46.9 Å². The first-order chi connectivity index (χ1) is 37.1. The number of benzene rings is 3. The van der Waals surface area contributed by atoms with E-state index >= 15 is 0 Å². The topological polar surface area (TPSA) is 303 Å². The van der Waals surface area contributed by atoms with E-state index in [-0.39, 0.29) is 77.7 Å². The zero-order valence-electron chi connectivity index (χ0n) is 41.0. The van der Waals surface area contributed by atoms with Crippen LogP contribution in [0.5, 0.6) is 0 Å². The van der Waals surface area contributed by atoms with Gasteiger partial charge >= 0.3 is 190 Å². The summed E-state index contributed by atoms with van der Waals surface area (Å²) in [5.74, 6) is 3.85. The number of hydrogen-bond donors (Lipinski definition) is 5. The number of aryl methyl sites for hydroxylation is 4. The largest absolute Gasteiger partial charge is 0.478 e. The minimum absolute atomic E-state index is 0.0106. The van der Waals surface area contributed by atoms with Gasteiger partial charge in [-0.1, -0.05) is 23.2 Å². The van der Waals surface area contributed by atoms with Crippen LogP contribution in [0.15, 0.2) is 38.4 Å². The maximum atomic E-state index is 14.1. The maximum absolute atomic E-state index is 14.1. The van der Waals surface area contributed by atoms with Crippen molar-refractivity contribution in [2.75, 3.05) is 62.3 Å². The first-order valence-electron chi connectivity index (χ1n) is 24.9. The van der Waals surface area contributed by atoms with Crippen LogP contribution in [0.3, 0.4) is 0 Å². The van der Waals surface area contributed by atoms with Gasteiger partial charge in [-0.3, -0.25) is 4.79 Å². The fourth-order valence-corrected chi connectivity index (χ4v) is 16.4. The molecular formula is C49H51Cl2N5O18P3+. The van der Waals surface area contributed by atoms with Crippen LogP contribution in [-0.4, -0.2) is 95.7 Å². The minimum Gasteiger partial charge on any atom is -0.478 e. The summed E-state index contributed by atoms with van der Waals surface area (Å²) in [6, 6.07) is 5.53. The molecule has 1 saturated heterocycles. The van der Waals surface area contributed by atoms with Crippen LogP contribution in [0.25, 0.3) is 33.1 Å². The van der Waals surface area contributed by atoms with Gasteiger partial charge in [-0.15, -0.1) is 0 Å². The van der Waals surface area contributed by atoms with E-state index in [9.17, 15) is 47.8 Å². The average Bonchev–Trinajstić information content (AvgIpc) is 4.06. The summed E-state index contributed by atoms with van der Waals surface area (Å²) in [5, 5.41) is 36.1. The number of aromatic amines is 1. The molecule has 7 heterocycles. The van der Waals surface area contributed by atoms with Gasteiger partial charge < -0.3 is 25.0 Å². The maximum Gasteiger partial charge on any atom is 0.366 e. The van der Waals surface area contributed by atoms with Crippen LogP contribution < -0.4 is 26.4 Å². The minimum atomic E-state index is -6.54. The molecule has 2 aromatic heterocycles. The molecule has 23 nitrogen and oxygen atoms in total. The number of rotatable bonds is 18. The first-order valence-corrected chi connectivity index (χ1v) is 31.4.